The molecule has 0 spiro atoms. The molecule has 0 aliphatic rings. The second-order valence-corrected chi connectivity index (χ2v) is 5.14. The molecule has 2 aromatic heterocycles. The van der Waals surface area contributed by atoms with E-state index in [2.05, 4.69) is 18.1 Å². The van der Waals surface area contributed by atoms with E-state index in [1.54, 1.807) is 24.0 Å². The Morgan fingerprint density at radius 2 is 2.15 bits per heavy atom. The van der Waals surface area contributed by atoms with Crippen LogP contribution in [0.1, 0.15) is 16.2 Å². The first-order valence-corrected chi connectivity index (χ1v) is 7.07. The highest BCUT2D eigenvalue weighted by atomic mass is 32.1. The topological polar surface area (TPSA) is 46.3 Å². The summed E-state index contributed by atoms with van der Waals surface area (Å²) in [5.74, 6) is 0.836. The van der Waals surface area contributed by atoms with E-state index in [-0.39, 0.29) is 5.91 Å². The largest absolute Gasteiger partial charge is 0.440 e. The van der Waals surface area contributed by atoms with Crippen molar-refractivity contribution in [1.29, 1.82) is 0 Å². The van der Waals surface area contributed by atoms with Crippen LogP contribution in [-0.4, -0.2) is 28.9 Å². The van der Waals surface area contributed by atoms with Crippen molar-refractivity contribution >= 4 is 17.2 Å². The Balaban J connectivity index is 2.29. The highest BCUT2D eigenvalue weighted by Crippen LogP contribution is 2.26. The lowest BCUT2D eigenvalue weighted by Gasteiger charge is -2.17. The van der Waals surface area contributed by atoms with Gasteiger partial charge in [-0.2, -0.15) is 0 Å². The second-order valence-electron chi connectivity index (χ2n) is 4.19. The van der Waals surface area contributed by atoms with E-state index < -0.39 is 0 Å². The van der Waals surface area contributed by atoms with Gasteiger partial charge in [-0.15, -0.1) is 24.5 Å². The summed E-state index contributed by atoms with van der Waals surface area (Å²) in [7, 11) is 0. The summed E-state index contributed by atoms with van der Waals surface area (Å²) in [6.45, 7) is 9.96. The molecule has 0 aliphatic carbocycles. The number of nitrogens with zero attached hydrogens (tertiary/aromatic N) is 2. The molecule has 20 heavy (non-hydrogen) atoms. The van der Waals surface area contributed by atoms with Crippen LogP contribution >= 0.6 is 11.3 Å². The Kier molecular flexibility index (Phi) is 4.53. The smallest absolute Gasteiger partial charge is 0.276 e. The van der Waals surface area contributed by atoms with E-state index >= 15 is 0 Å². The van der Waals surface area contributed by atoms with Gasteiger partial charge in [-0.25, -0.2) is 4.98 Å². The lowest BCUT2D eigenvalue weighted by Crippen LogP contribution is -2.32. The van der Waals surface area contributed by atoms with Crippen LogP contribution in [0.5, 0.6) is 0 Å². The number of hydrogen-bond acceptors (Lipinski definition) is 4. The zero-order valence-corrected chi connectivity index (χ0v) is 12.2. The normalized spacial score (nSPS) is 10.2. The van der Waals surface area contributed by atoms with Crippen LogP contribution in [0.15, 0.2) is 47.2 Å². The zero-order chi connectivity index (χ0) is 14.5. The third-order valence-corrected chi connectivity index (χ3v) is 3.58. The minimum absolute atomic E-state index is 0.172. The molecule has 0 fully saturated rings. The molecule has 0 radical (unpaired) electrons. The molecule has 2 rings (SSSR count). The predicted octanol–water partition coefficient (Wildman–Crippen LogP) is 3.53. The second kappa shape index (κ2) is 6.34. The summed E-state index contributed by atoms with van der Waals surface area (Å²) in [6, 6.07) is 3.83. The number of hydrogen-bond donors (Lipinski definition) is 0. The van der Waals surface area contributed by atoms with Crippen molar-refractivity contribution in [3.63, 3.8) is 0 Å². The van der Waals surface area contributed by atoms with Crippen LogP contribution in [0.25, 0.3) is 10.8 Å². The summed E-state index contributed by atoms with van der Waals surface area (Å²) >= 11 is 1.53. The number of aryl methyl sites for hydroxylation is 1. The Hall–Kier alpha value is -2.14. The van der Waals surface area contributed by atoms with Gasteiger partial charge in [0, 0.05) is 13.1 Å². The first-order chi connectivity index (χ1) is 9.67. The Morgan fingerprint density at radius 1 is 1.45 bits per heavy atom. The maximum absolute atomic E-state index is 12.4. The van der Waals surface area contributed by atoms with Crippen LogP contribution in [0.2, 0.25) is 0 Å². The van der Waals surface area contributed by atoms with E-state index in [0.29, 0.717) is 30.4 Å². The standard InChI is InChI=1S/C15H16N2O2S/c1-4-8-17(9-5-2)15(18)13-11(3)19-14(16-13)12-7-6-10-20-12/h4-7,10H,1-2,8-9H2,3H3. The molecule has 0 unspecified atom stereocenters. The van der Waals surface area contributed by atoms with Crippen molar-refractivity contribution in [3.8, 4) is 10.8 Å². The van der Waals surface area contributed by atoms with Crippen molar-refractivity contribution in [2.24, 2.45) is 0 Å². The van der Waals surface area contributed by atoms with Crippen LogP contribution in [0.3, 0.4) is 0 Å². The molecule has 2 aromatic rings. The molecule has 1 amide bonds. The van der Waals surface area contributed by atoms with Gasteiger partial charge in [0.05, 0.1) is 4.88 Å². The van der Waals surface area contributed by atoms with Gasteiger partial charge in [0.2, 0.25) is 5.89 Å². The fourth-order valence-corrected chi connectivity index (χ4v) is 2.45. The van der Waals surface area contributed by atoms with Crippen molar-refractivity contribution < 1.29 is 9.21 Å². The van der Waals surface area contributed by atoms with E-state index in [0.717, 1.165) is 4.88 Å². The molecule has 4 nitrogen and oxygen atoms in total. The van der Waals surface area contributed by atoms with E-state index in [1.807, 2.05) is 17.5 Å². The van der Waals surface area contributed by atoms with Gasteiger partial charge < -0.3 is 9.32 Å². The number of carbonyl (C=O) groups excluding carboxylic acids is 1. The average molecular weight is 288 g/mol. The quantitative estimate of drug-likeness (QED) is 0.764. The molecule has 0 N–H and O–H groups in total. The zero-order valence-electron chi connectivity index (χ0n) is 11.3. The molecular weight excluding hydrogens is 272 g/mol. The lowest BCUT2D eigenvalue weighted by molar-refractivity contribution is 0.0784. The van der Waals surface area contributed by atoms with Gasteiger partial charge in [0.1, 0.15) is 5.76 Å². The van der Waals surface area contributed by atoms with E-state index in [4.69, 9.17) is 4.42 Å². The minimum atomic E-state index is -0.172. The third kappa shape index (κ3) is 2.88. The predicted molar refractivity (Wildman–Crippen MR) is 80.9 cm³/mol. The molecule has 0 bridgehead atoms. The monoisotopic (exact) mass is 288 g/mol. The number of rotatable bonds is 6. The van der Waals surface area contributed by atoms with Crippen molar-refractivity contribution in [3.05, 3.63) is 54.3 Å². The summed E-state index contributed by atoms with van der Waals surface area (Å²) in [4.78, 5) is 19.3. The summed E-state index contributed by atoms with van der Waals surface area (Å²) in [5.41, 5.74) is 0.345. The van der Waals surface area contributed by atoms with E-state index in [9.17, 15) is 4.79 Å². The van der Waals surface area contributed by atoms with Gasteiger partial charge in [0.15, 0.2) is 5.69 Å². The summed E-state index contributed by atoms with van der Waals surface area (Å²) in [6.07, 6.45) is 3.36. The number of thiophene rings is 1. The molecule has 0 aromatic carbocycles. The molecular formula is C15H16N2O2S. The van der Waals surface area contributed by atoms with Crippen LogP contribution in [-0.2, 0) is 0 Å². The van der Waals surface area contributed by atoms with Gasteiger partial charge in [0.25, 0.3) is 5.91 Å². The Bertz CT molecular complexity index is 604. The maximum atomic E-state index is 12.4. The summed E-state index contributed by atoms with van der Waals surface area (Å²) in [5, 5.41) is 1.94. The average Bonchev–Trinajstić information content (AvgIpc) is 3.06. The van der Waals surface area contributed by atoms with E-state index in [1.165, 1.54) is 11.3 Å². The van der Waals surface area contributed by atoms with Crippen LogP contribution in [0, 0.1) is 6.92 Å². The number of carbonyl (C=O) groups is 1. The number of aromatic nitrogens is 1. The van der Waals surface area contributed by atoms with Gasteiger partial charge in [-0.05, 0) is 18.4 Å². The Morgan fingerprint density at radius 3 is 2.70 bits per heavy atom. The molecule has 0 saturated heterocycles. The fourth-order valence-electron chi connectivity index (χ4n) is 1.80. The third-order valence-electron chi connectivity index (χ3n) is 2.72. The first kappa shape index (κ1) is 14.3. The molecule has 0 saturated carbocycles. The summed E-state index contributed by atoms with van der Waals surface area (Å²) < 4.78 is 5.59. The molecule has 0 aliphatic heterocycles. The van der Waals surface area contributed by atoms with Gasteiger partial charge >= 0.3 is 0 Å². The van der Waals surface area contributed by atoms with Crippen LogP contribution in [0.4, 0.5) is 0 Å². The molecule has 0 atom stereocenters. The molecule has 5 heteroatoms. The first-order valence-electron chi connectivity index (χ1n) is 6.19. The fraction of sp³-hybridized carbons (Fsp3) is 0.200. The number of amides is 1. The lowest BCUT2D eigenvalue weighted by atomic mass is 10.3. The maximum Gasteiger partial charge on any atom is 0.276 e. The highest BCUT2D eigenvalue weighted by molar-refractivity contribution is 7.13. The van der Waals surface area contributed by atoms with Crippen molar-refractivity contribution in [2.45, 2.75) is 6.92 Å². The molecule has 104 valence electrons. The Labute approximate surface area is 122 Å². The SMILES string of the molecule is C=CCN(CC=C)C(=O)c1nc(-c2cccs2)oc1C. The van der Waals surface area contributed by atoms with Crippen molar-refractivity contribution in [1.82, 2.24) is 9.88 Å². The van der Waals surface area contributed by atoms with Gasteiger partial charge in [-0.1, -0.05) is 18.2 Å². The van der Waals surface area contributed by atoms with Gasteiger partial charge in [-0.3, -0.25) is 4.79 Å². The minimum Gasteiger partial charge on any atom is -0.440 e. The highest BCUT2D eigenvalue weighted by Gasteiger charge is 2.22. The number of oxazole rings is 1. The van der Waals surface area contributed by atoms with Crippen LogP contribution < -0.4 is 0 Å². The molecule has 2 heterocycles. The van der Waals surface area contributed by atoms with Crippen molar-refractivity contribution in [2.75, 3.05) is 13.1 Å².